The van der Waals surface area contributed by atoms with Gasteiger partial charge in [-0.1, -0.05) is 35.3 Å². The SMILES string of the molecule is O=C(O)c1ccc2c(-c3cccc(Cl)c3Cl)n[nH]c2c1. The number of carboxylic acid groups (broad SMARTS) is 1. The van der Waals surface area contributed by atoms with E-state index >= 15 is 0 Å². The third-order valence-corrected chi connectivity index (χ3v) is 3.84. The molecule has 0 saturated heterocycles. The number of rotatable bonds is 2. The summed E-state index contributed by atoms with van der Waals surface area (Å²) in [4.78, 5) is 10.9. The fourth-order valence-corrected chi connectivity index (χ4v) is 2.43. The highest BCUT2D eigenvalue weighted by Gasteiger charge is 2.14. The monoisotopic (exact) mass is 306 g/mol. The molecule has 0 saturated carbocycles. The van der Waals surface area contributed by atoms with Crippen LogP contribution in [0.15, 0.2) is 36.4 Å². The maximum atomic E-state index is 10.9. The lowest BCUT2D eigenvalue weighted by atomic mass is 10.1. The van der Waals surface area contributed by atoms with Gasteiger partial charge in [-0.15, -0.1) is 0 Å². The Kier molecular flexibility index (Phi) is 3.12. The Hall–Kier alpha value is -2.04. The summed E-state index contributed by atoms with van der Waals surface area (Å²) >= 11 is 12.2. The minimum Gasteiger partial charge on any atom is -0.478 e. The van der Waals surface area contributed by atoms with Gasteiger partial charge in [0.1, 0.15) is 5.69 Å². The number of carbonyl (C=O) groups is 1. The summed E-state index contributed by atoms with van der Waals surface area (Å²) < 4.78 is 0. The Morgan fingerprint density at radius 2 is 2.00 bits per heavy atom. The lowest BCUT2D eigenvalue weighted by Gasteiger charge is -2.03. The number of hydrogen-bond acceptors (Lipinski definition) is 2. The van der Waals surface area contributed by atoms with Crippen LogP contribution in [-0.2, 0) is 0 Å². The molecule has 0 spiro atoms. The van der Waals surface area contributed by atoms with Crippen molar-refractivity contribution in [2.75, 3.05) is 0 Å². The Labute approximate surface area is 123 Å². The summed E-state index contributed by atoms with van der Waals surface area (Å²) in [6.45, 7) is 0. The van der Waals surface area contributed by atoms with E-state index in [9.17, 15) is 4.79 Å². The lowest BCUT2D eigenvalue weighted by Crippen LogP contribution is -1.94. The number of aromatic amines is 1. The number of fused-ring (bicyclic) bond motifs is 1. The zero-order chi connectivity index (χ0) is 14.3. The first kappa shape index (κ1) is 13.0. The molecule has 20 heavy (non-hydrogen) atoms. The van der Waals surface area contributed by atoms with Crippen LogP contribution < -0.4 is 0 Å². The molecule has 0 aliphatic rings. The molecule has 4 nitrogen and oxygen atoms in total. The molecule has 6 heteroatoms. The summed E-state index contributed by atoms with van der Waals surface area (Å²) in [5.74, 6) is -0.983. The van der Waals surface area contributed by atoms with Gasteiger partial charge >= 0.3 is 5.97 Å². The van der Waals surface area contributed by atoms with Crippen LogP contribution >= 0.6 is 23.2 Å². The van der Waals surface area contributed by atoms with Crippen molar-refractivity contribution >= 4 is 40.1 Å². The van der Waals surface area contributed by atoms with E-state index in [0.29, 0.717) is 26.8 Å². The van der Waals surface area contributed by atoms with Crippen molar-refractivity contribution in [1.82, 2.24) is 10.2 Å². The molecule has 1 heterocycles. The van der Waals surface area contributed by atoms with E-state index in [2.05, 4.69) is 10.2 Å². The van der Waals surface area contributed by atoms with Gasteiger partial charge in [0.25, 0.3) is 0 Å². The molecule has 0 atom stereocenters. The van der Waals surface area contributed by atoms with Gasteiger partial charge in [-0.25, -0.2) is 4.79 Å². The maximum Gasteiger partial charge on any atom is 0.335 e. The van der Waals surface area contributed by atoms with E-state index in [4.69, 9.17) is 28.3 Å². The third kappa shape index (κ3) is 2.03. The number of nitrogens with one attached hydrogen (secondary N) is 1. The molecule has 0 radical (unpaired) electrons. The van der Waals surface area contributed by atoms with E-state index in [0.717, 1.165) is 5.39 Å². The van der Waals surface area contributed by atoms with Crippen LogP contribution in [0, 0.1) is 0 Å². The van der Waals surface area contributed by atoms with Gasteiger partial charge in [-0.3, -0.25) is 5.10 Å². The van der Waals surface area contributed by atoms with Crippen LogP contribution in [0.25, 0.3) is 22.2 Å². The fraction of sp³-hybridized carbons (Fsp3) is 0. The van der Waals surface area contributed by atoms with Crippen molar-refractivity contribution in [3.8, 4) is 11.3 Å². The zero-order valence-electron chi connectivity index (χ0n) is 10.0. The van der Waals surface area contributed by atoms with Gasteiger partial charge in [-0.2, -0.15) is 5.10 Å². The van der Waals surface area contributed by atoms with Crippen LogP contribution in [0.5, 0.6) is 0 Å². The van der Waals surface area contributed by atoms with Gasteiger partial charge in [0, 0.05) is 10.9 Å². The lowest BCUT2D eigenvalue weighted by molar-refractivity contribution is 0.0697. The van der Waals surface area contributed by atoms with Crippen LogP contribution in [0.3, 0.4) is 0 Å². The molecule has 0 bridgehead atoms. The minimum atomic E-state index is -0.983. The standard InChI is InChI=1S/C14H8Cl2N2O2/c15-10-3-1-2-9(12(10)16)13-8-5-4-7(14(19)20)6-11(8)17-18-13/h1-6H,(H,17,18)(H,19,20). The second-order valence-electron chi connectivity index (χ2n) is 4.24. The van der Waals surface area contributed by atoms with Crippen LogP contribution in [0.1, 0.15) is 10.4 Å². The Bertz CT molecular complexity index is 827. The number of aromatic nitrogens is 2. The molecule has 0 aliphatic carbocycles. The highest BCUT2D eigenvalue weighted by Crippen LogP contribution is 2.35. The molecule has 1 aromatic heterocycles. The van der Waals surface area contributed by atoms with Crippen molar-refractivity contribution in [1.29, 1.82) is 0 Å². The zero-order valence-corrected chi connectivity index (χ0v) is 11.5. The van der Waals surface area contributed by atoms with Crippen molar-refractivity contribution in [2.24, 2.45) is 0 Å². The Balaban J connectivity index is 2.23. The molecule has 3 aromatic rings. The van der Waals surface area contributed by atoms with E-state index in [1.165, 1.54) is 12.1 Å². The summed E-state index contributed by atoms with van der Waals surface area (Å²) in [6.07, 6.45) is 0. The van der Waals surface area contributed by atoms with Crippen LogP contribution in [-0.4, -0.2) is 21.3 Å². The fourth-order valence-electron chi connectivity index (χ4n) is 2.04. The van der Waals surface area contributed by atoms with Crippen molar-refractivity contribution in [3.63, 3.8) is 0 Å². The van der Waals surface area contributed by atoms with E-state index < -0.39 is 5.97 Å². The molecule has 2 aromatic carbocycles. The topological polar surface area (TPSA) is 66.0 Å². The highest BCUT2D eigenvalue weighted by molar-refractivity contribution is 6.43. The Morgan fingerprint density at radius 1 is 1.20 bits per heavy atom. The van der Waals surface area contributed by atoms with Gasteiger partial charge < -0.3 is 5.11 Å². The first-order valence-corrected chi connectivity index (χ1v) is 6.49. The average molecular weight is 307 g/mol. The molecule has 0 unspecified atom stereocenters. The van der Waals surface area contributed by atoms with E-state index in [-0.39, 0.29) is 5.56 Å². The molecule has 3 rings (SSSR count). The molecule has 2 N–H and O–H groups in total. The van der Waals surface area contributed by atoms with E-state index in [1.807, 2.05) is 6.07 Å². The number of carboxylic acids is 1. The van der Waals surface area contributed by atoms with Gasteiger partial charge in [0.05, 0.1) is 21.1 Å². The Morgan fingerprint density at radius 3 is 2.75 bits per heavy atom. The smallest absolute Gasteiger partial charge is 0.335 e. The number of hydrogen-bond donors (Lipinski definition) is 2. The van der Waals surface area contributed by atoms with Crippen molar-refractivity contribution in [3.05, 3.63) is 52.0 Å². The van der Waals surface area contributed by atoms with Gasteiger partial charge in [0.15, 0.2) is 0 Å². The first-order valence-electron chi connectivity index (χ1n) is 5.73. The number of aromatic carboxylic acids is 1. The largest absolute Gasteiger partial charge is 0.478 e. The molecule has 0 aliphatic heterocycles. The number of halogens is 2. The van der Waals surface area contributed by atoms with Crippen LogP contribution in [0.2, 0.25) is 10.0 Å². The molecule has 0 fully saturated rings. The highest BCUT2D eigenvalue weighted by atomic mass is 35.5. The summed E-state index contributed by atoms with van der Waals surface area (Å²) in [6, 6.07) is 10.1. The molecule has 100 valence electrons. The normalized spacial score (nSPS) is 10.9. The predicted molar refractivity (Wildman–Crippen MR) is 78.5 cm³/mol. The maximum absolute atomic E-state index is 10.9. The first-order chi connectivity index (χ1) is 9.58. The summed E-state index contributed by atoms with van der Waals surface area (Å²) in [5.41, 5.74) is 2.18. The molecular weight excluding hydrogens is 299 g/mol. The minimum absolute atomic E-state index is 0.199. The second-order valence-corrected chi connectivity index (χ2v) is 5.02. The van der Waals surface area contributed by atoms with Gasteiger partial charge in [0.2, 0.25) is 0 Å². The number of H-pyrrole nitrogens is 1. The van der Waals surface area contributed by atoms with Gasteiger partial charge in [-0.05, 0) is 24.3 Å². The average Bonchev–Trinajstić information content (AvgIpc) is 2.84. The van der Waals surface area contributed by atoms with Crippen molar-refractivity contribution in [2.45, 2.75) is 0 Å². The number of benzene rings is 2. The van der Waals surface area contributed by atoms with E-state index in [1.54, 1.807) is 18.2 Å². The third-order valence-electron chi connectivity index (χ3n) is 3.02. The molecular formula is C14H8Cl2N2O2. The van der Waals surface area contributed by atoms with Crippen molar-refractivity contribution < 1.29 is 9.90 Å². The molecule has 0 amide bonds. The summed E-state index contributed by atoms with van der Waals surface area (Å²) in [5, 5.41) is 17.7. The van der Waals surface area contributed by atoms with Crippen LogP contribution in [0.4, 0.5) is 0 Å². The number of nitrogens with zero attached hydrogens (tertiary/aromatic N) is 1. The summed E-state index contributed by atoms with van der Waals surface area (Å²) in [7, 11) is 0. The second kappa shape index (κ2) is 4.81. The quantitative estimate of drug-likeness (QED) is 0.744. The predicted octanol–water partition coefficient (Wildman–Crippen LogP) is 4.23.